The minimum atomic E-state index is -0.718. The first-order chi connectivity index (χ1) is 18.4. The minimum absolute atomic E-state index is 0.249. The molecule has 0 atom stereocenters. The van der Waals surface area contributed by atoms with E-state index in [-0.39, 0.29) is 24.4 Å². The number of carbonyl (C=O) groups is 1. The molecule has 0 unspecified atom stereocenters. The van der Waals surface area contributed by atoms with Crippen LogP contribution in [0.5, 0.6) is 5.75 Å². The van der Waals surface area contributed by atoms with Gasteiger partial charge in [0.1, 0.15) is 12.4 Å². The summed E-state index contributed by atoms with van der Waals surface area (Å²) in [5.41, 5.74) is 3.00. The first kappa shape index (κ1) is 26.8. The second-order valence-corrected chi connectivity index (χ2v) is 10.2. The van der Waals surface area contributed by atoms with Crippen LogP contribution in [-0.4, -0.2) is 5.97 Å². The van der Waals surface area contributed by atoms with E-state index in [1.165, 1.54) is 0 Å². The summed E-state index contributed by atoms with van der Waals surface area (Å²) < 4.78 is 12.3. The maximum Gasteiger partial charge on any atom is 0.307 e. The highest BCUT2D eigenvalue weighted by atomic mass is 16.5. The number of carbonyl (C=O) groups excluding carboxylic acids is 1. The van der Waals surface area contributed by atoms with Crippen LogP contribution in [0.15, 0.2) is 115 Å². The van der Waals surface area contributed by atoms with Crippen LogP contribution in [0, 0.1) is 17.3 Å². The van der Waals surface area contributed by atoms with E-state index in [1.807, 2.05) is 66.7 Å². The van der Waals surface area contributed by atoms with Crippen molar-refractivity contribution in [3.63, 3.8) is 0 Å². The monoisotopic (exact) mass is 502 g/mol. The van der Waals surface area contributed by atoms with Crippen molar-refractivity contribution >= 4 is 5.97 Å². The normalized spacial score (nSPS) is 11.2. The van der Waals surface area contributed by atoms with E-state index in [0.29, 0.717) is 6.42 Å². The maximum absolute atomic E-state index is 12.1. The lowest BCUT2D eigenvalue weighted by Crippen LogP contribution is -2.46. The van der Waals surface area contributed by atoms with Gasteiger partial charge in [-0.1, -0.05) is 130 Å². The third-order valence-corrected chi connectivity index (χ3v) is 6.45. The molecule has 0 amide bonds. The summed E-state index contributed by atoms with van der Waals surface area (Å²) in [5, 5.41) is 0. The first-order valence-electron chi connectivity index (χ1n) is 13.0. The minimum Gasteiger partial charge on any atom is -0.477 e. The van der Waals surface area contributed by atoms with Crippen LogP contribution in [0.1, 0.15) is 55.9 Å². The van der Waals surface area contributed by atoms with Crippen molar-refractivity contribution in [1.29, 1.82) is 0 Å². The summed E-state index contributed by atoms with van der Waals surface area (Å²) in [7, 11) is 0. The fraction of sp³-hybridized carbons (Fsp3) is 0.229. The van der Waals surface area contributed by atoms with Crippen LogP contribution in [0.2, 0.25) is 0 Å². The van der Waals surface area contributed by atoms with Crippen LogP contribution in [0.4, 0.5) is 0 Å². The molecule has 4 aromatic rings. The second kappa shape index (κ2) is 12.3. The number of esters is 1. The predicted molar refractivity (Wildman–Crippen MR) is 153 cm³/mol. The van der Waals surface area contributed by atoms with Gasteiger partial charge in [0.2, 0.25) is 0 Å². The first-order valence-corrected chi connectivity index (χ1v) is 13.0. The van der Waals surface area contributed by atoms with Gasteiger partial charge in [0.05, 0.1) is 6.42 Å². The van der Waals surface area contributed by atoms with Crippen LogP contribution >= 0.6 is 0 Å². The molecule has 3 nitrogen and oxygen atoms in total. The van der Waals surface area contributed by atoms with Gasteiger partial charge in [0.25, 0.3) is 0 Å². The quantitative estimate of drug-likeness (QED) is 0.181. The summed E-state index contributed by atoms with van der Waals surface area (Å²) in [6, 6.07) is 38.3. The van der Waals surface area contributed by atoms with Crippen LogP contribution in [0.25, 0.3) is 0 Å². The van der Waals surface area contributed by atoms with Gasteiger partial charge >= 0.3 is 5.97 Å². The molecule has 0 aliphatic rings. The lowest BCUT2D eigenvalue weighted by molar-refractivity contribution is -0.144. The highest BCUT2D eigenvalue weighted by Gasteiger charge is 2.47. The molecule has 0 aliphatic carbocycles. The molecular weight excluding hydrogens is 468 g/mol. The third-order valence-electron chi connectivity index (χ3n) is 6.45. The lowest BCUT2D eigenvalue weighted by Gasteiger charge is -2.45. The van der Waals surface area contributed by atoms with Crippen molar-refractivity contribution in [2.45, 2.75) is 45.8 Å². The van der Waals surface area contributed by atoms with E-state index in [0.717, 1.165) is 28.0 Å². The molecule has 38 heavy (non-hydrogen) atoms. The van der Waals surface area contributed by atoms with Crippen molar-refractivity contribution < 1.29 is 14.3 Å². The van der Waals surface area contributed by atoms with Gasteiger partial charge < -0.3 is 9.47 Å². The van der Waals surface area contributed by atoms with Crippen molar-refractivity contribution in [3.8, 4) is 17.6 Å². The molecule has 4 rings (SSSR count). The Bertz CT molecular complexity index is 1340. The lowest BCUT2D eigenvalue weighted by atomic mass is 9.68. The summed E-state index contributed by atoms with van der Waals surface area (Å²) in [5.74, 6) is 6.78. The number of rotatable bonds is 8. The van der Waals surface area contributed by atoms with E-state index >= 15 is 0 Å². The van der Waals surface area contributed by atoms with Crippen molar-refractivity contribution in [2.75, 3.05) is 0 Å². The van der Waals surface area contributed by atoms with Crippen molar-refractivity contribution in [2.24, 2.45) is 5.41 Å². The molecule has 0 saturated carbocycles. The number of hydrogen-bond donors (Lipinski definition) is 0. The number of hydrogen-bond acceptors (Lipinski definition) is 3. The molecule has 0 N–H and O–H groups in total. The molecule has 3 heteroatoms. The summed E-state index contributed by atoms with van der Waals surface area (Å²) in [6.45, 7) is 6.89. The second-order valence-electron chi connectivity index (χ2n) is 10.2. The van der Waals surface area contributed by atoms with Gasteiger partial charge in [0.15, 0.2) is 5.60 Å². The standard InChI is InChI=1S/C35H34O3/c1-34(2,3)35(30-20-9-5-10-21-30,31-22-11-6-12-23-31)38-32-24-15-19-28(26-32)16-13-14-25-33(36)37-27-29-17-7-4-8-18-29/h4-12,15,17-24,26H,14,25,27H2,1-3H3. The van der Waals surface area contributed by atoms with Gasteiger partial charge in [-0.2, -0.15) is 0 Å². The van der Waals surface area contributed by atoms with Gasteiger partial charge in [-0.05, 0) is 23.8 Å². The van der Waals surface area contributed by atoms with Gasteiger partial charge in [-0.3, -0.25) is 4.79 Å². The molecule has 0 fully saturated rings. The Labute approximate surface area is 226 Å². The molecular formula is C35H34O3. The zero-order valence-electron chi connectivity index (χ0n) is 22.3. The van der Waals surface area contributed by atoms with Crippen LogP contribution in [0.3, 0.4) is 0 Å². The number of ether oxygens (including phenoxy) is 2. The van der Waals surface area contributed by atoms with E-state index in [4.69, 9.17) is 9.47 Å². The summed E-state index contributed by atoms with van der Waals surface area (Å²) >= 11 is 0. The summed E-state index contributed by atoms with van der Waals surface area (Å²) in [6.07, 6.45) is 0.684. The Balaban J connectivity index is 1.51. The molecule has 0 spiro atoms. The Kier molecular flexibility index (Phi) is 8.66. The molecule has 192 valence electrons. The van der Waals surface area contributed by atoms with Crippen molar-refractivity contribution in [3.05, 3.63) is 138 Å². The Hall–Kier alpha value is -4.29. The van der Waals surface area contributed by atoms with E-state index in [2.05, 4.69) is 81.1 Å². The highest BCUT2D eigenvalue weighted by molar-refractivity contribution is 5.69. The fourth-order valence-corrected chi connectivity index (χ4v) is 4.60. The van der Waals surface area contributed by atoms with Crippen molar-refractivity contribution in [1.82, 2.24) is 0 Å². The summed E-state index contributed by atoms with van der Waals surface area (Å²) in [4.78, 5) is 12.1. The van der Waals surface area contributed by atoms with Crippen LogP contribution < -0.4 is 4.74 Å². The molecule has 4 aromatic carbocycles. The largest absolute Gasteiger partial charge is 0.477 e. The SMILES string of the molecule is CC(C)(C)C(Oc1cccc(C#CCCC(=O)OCc2ccccc2)c1)(c1ccccc1)c1ccccc1. The Morgan fingerprint density at radius 2 is 1.32 bits per heavy atom. The van der Waals surface area contributed by atoms with E-state index in [9.17, 15) is 4.79 Å². The number of benzene rings is 4. The molecule has 0 aliphatic heterocycles. The van der Waals surface area contributed by atoms with Gasteiger partial charge in [0, 0.05) is 28.5 Å². The van der Waals surface area contributed by atoms with E-state index < -0.39 is 5.60 Å². The Morgan fingerprint density at radius 1 is 0.737 bits per heavy atom. The third kappa shape index (κ3) is 6.52. The van der Waals surface area contributed by atoms with E-state index in [1.54, 1.807) is 0 Å². The average Bonchev–Trinajstić information content (AvgIpc) is 2.94. The topological polar surface area (TPSA) is 35.5 Å². The molecule has 0 heterocycles. The average molecular weight is 503 g/mol. The van der Waals surface area contributed by atoms with Gasteiger partial charge in [-0.25, -0.2) is 0 Å². The zero-order valence-corrected chi connectivity index (χ0v) is 22.3. The van der Waals surface area contributed by atoms with Gasteiger partial charge in [-0.15, -0.1) is 0 Å². The van der Waals surface area contributed by atoms with Crippen LogP contribution in [-0.2, 0) is 21.7 Å². The molecule has 0 aromatic heterocycles. The fourth-order valence-electron chi connectivity index (χ4n) is 4.60. The smallest absolute Gasteiger partial charge is 0.307 e. The highest BCUT2D eigenvalue weighted by Crippen LogP contribution is 2.48. The Morgan fingerprint density at radius 3 is 1.89 bits per heavy atom. The molecule has 0 saturated heterocycles. The zero-order chi connectivity index (χ0) is 26.8. The maximum atomic E-state index is 12.1. The predicted octanol–water partition coefficient (Wildman–Crippen LogP) is 7.93. The molecule has 0 bridgehead atoms. The molecule has 0 radical (unpaired) electrons.